The van der Waals surface area contributed by atoms with Gasteiger partial charge in [0.05, 0.1) is 24.7 Å². The molecule has 0 aliphatic carbocycles. The third kappa shape index (κ3) is 68.2. The average molecular weight is 1950 g/mol. The molecule has 1 heterocycles. The van der Waals surface area contributed by atoms with E-state index in [0.29, 0.717) is 64.8 Å². The molecule has 1 aliphatic rings. The van der Waals surface area contributed by atoms with Gasteiger partial charge < -0.3 is 111 Å². The summed E-state index contributed by atoms with van der Waals surface area (Å²) in [5.41, 5.74) is 9.66. The Morgan fingerprint density at radius 3 is 0.910 bits per heavy atom. The van der Waals surface area contributed by atoms with Crippen molar-refractivity contribution in [2.75, 3.05) is 59.2 Å². The van der Waals surface area contributed by atoms with Gasteiger partial charge in [0.25, 0.3) is 0 Å². The maximum atomic E-state index is 13.0. The molecule has 0 aromatic heterocycles. The van der Waals surface area contributed by atoms with E-state index in [1.165, 1.54) is 26.7 Å². The van der Waals surface area contributed by atoms with Gasteiger partial charge in [-0.15, -0.1) is 0 Å². The molecule has 5 aromatic carbocycles. The standard InChI is InChI=1S/C29H41N3O6.C21H35N3O4.C19H28N2O5.C18H26N2O6.C4H8O2.C4H8O.4H2S/c1-20-12-10-13-21(2)25(20)36-18-22(3)31-26(33)24(32-28(35)38-29(4,5)6)16-11-17-30-27(34)37-19-23-14-8-7-9-15-23;1-14-9-7-10-15(2)18(14)27-13-16(3)23-19(25)17(11-8-12-22)24-20(26)28-21(4,5)6;1-14(22)16(21-18(24)26-19(2,3)4)11-8-12-20-17(23)25-13-15-9-6-5-7-10-15;1-18(2,3)26-17(24)20-14(15(21)22)10-7-11-19-16(23)25-12-13-8-5-4-6-9-13;1-3-6-4(2)5;1-2-4-5-3-1;;;;/h7-10,12-15,22,24H,11,16-19H2,1-6H3,(H,30,34)(H,31,33)(H,32,35);7,9-10,16-17H,8,11-13,22H2,1-6H3,(H,23,25)(H,24,26);5-7,9-10,16H,8,11-13H2,1-4H3,(H,20,23)(H,21,24);4-6,8-9,14H,7,10-12H2,1-3H3,(H,19,23)(H,20,24)(H,21,22);3H2,1-2H3;1-4H2;4*1H2/t22?,24-;16?,17-;16-;14-;;;;;;/m0000....../s1. The molecule has 1 saturated heterocycles. The van der Waals surface area contributed by atoms with Crippen LogP contribution in [0, 0.1) is 27.7 Å². The number of alkyl carbamates (subject to hydrolysis) is 7. The van der Waals surface area contributed by atoms with Gasteiger partial charge in [-0.2, -0.15) is 54.0 Å². The molecule has 0 saturated carbocycles. The average Bonchev–Trinajstić information content (AvgIpc) is 1.38. The number of nitrogens with one attached hydrogen (secondary N) is 9. The number of benzene rings is 5. The summed E-state index contributed by atoms with van der Waals surface area (Å²) in [5.74, 6) is -0.558. The summed E-state index contributed by atoms with van der Waals surface area (Å²) >= 11 is 0. The van der Waals surface area contributed by atoms with E-state index in [1.807, 2.05) is 169 Å². The fraction of sp³-hybridized carbons (Fsp3) is 0.558. The van der Waals surface area contributed by atoms with Gasteiger partial charge in [0.15, 0.2) is 5.78 Å². The van der Waals surface area contributed by atoms with Gasteiger partial charge in [-0.1, -0.05) is 127 Å². The van der Waals surface area contributed by atoms with Crippen LogP contribution in [0.4, 0.5) is 33.6 Å². The number of nitrogens with two attached hydrogens (primary N) is 1. The molecule has 38 heteroatoms. The van der Waals surface area contributed by atoms with E-state index in [9.17, 15) is 57.5 Å². The number of esters is 1. The van der Waals surface area contributed by atoms with Crippen LogP contribution >= 0.6 is 54.0 Å². The second-order valence-corrected chi connectivity index (χ2v) is 34.2. The Kier molecular flexibility index (Phi) is 68.8. The molecular weight excluding hydrogens is 1790 g/mol. The Balaban J connectivity index is -0.000000801. The zero-order chi connectivity index (χ0) is 97.1. The minimum absolute atomic E-state index is 0. The van der Waals surface area contributed by atoms with Crippen molar-refractivity contribution in [2.24, 2.45) is 5.73 Å². The van der Waals surface area contributed by atoms with E-state index >= 15 is 0 Å². The number of carbonyl (C=O) groups is 12. The number of hydrogen-bond acceptors (Lipinski definition) is 24. The Morgan fingerprint density at radius 1 is 0.383 bits per heavy atom. The maximum absolute atomic E-state index is 13.0. The topological polar surface area (TPSA) is 461 Å². The molecule has 34 nitrogen and oxygen atoms in total. The van der Waals surface area contributed by atoms with Crippen molar-refractivity contribution in [1.82, 2.24) is 47.9 Å². The monoisotopic (exact) mass is 1950 g/mol. The molecular formula is C95H154N10O24S4. The number of carboxylic acids is 1. The molecule has 5 aromatic rings. The number of ether oxygens (including phenoxy) is 11. The zero-order valence-electron chi connectivity index (χ0n) is 81.6. The zero-order valence-corrected chi connectivity index (χ0v) is 85.6. The summed E-state index contributed by atoms with van der Waals surface area (Å²) in [5, 5.41) is 32.9. The van der Waals surface area contributed by atoms with Crippen LogP contribution in [0.25, 0.3) is 0 Å². The van der Waals surface area contributed by atoms with Crippen LogP contribution < -0.4 is 63.1 Å². The number of aliphatic carboxylic acids is 1. The third-order valence-electron chi connectivity index (χ3n) is 17.1. The van der Waals surface area contributed by atoms with E-state index in [1.54, 1.807) is 90.0 Å². The summed E-state index contributed by atoms with van der Waals surface area (Å²) in [6, 6.07) is 36.0. The lowest BCUT2D eigenvalue weighted by molar-refractivity contribution is -0.141. The third-order valence-corrected chi connectivity index (χ3v) is 17.1. The Labute approximate surface area is 814 Å². The number of carboxylic acid groups (broad SMARTS) is 1. The molecule has 6 atom stereocenters. The van der Waals surface area contributed by atoms with Crippen molar-refractivity contribution < 1.29 is 115 Å². The lowest BCUT2D eigenvalue weighted by Gasteiger charge is -2.25. The first-order valence-corrected chi connectivity index (χ1v) is 43.5. The summed E-state index contributed by atoms with van der Waals surface area (Å²) in [6.07, 6.45) is 1.35. The number of Topliss-reactive ketones (excluding diaryl/α,β-unsaturated/α-hetero) is 1. The smallest absolute Gasteiger partial charge is 0.408 e. The number of ketones is 1. The molecule has 752 valence electrons. The number of hydrogen-bond donors (Lipinski definition) is 11. The molecule has 1 aliphatic heterocycles. The molecule has 0 bridgehead atoms. The summed E-state index contributed by atoms with van der Waals surface area (Å²) in [6.45, 7) is 41.9. The summed E-state index contributed by atoms with van der Waals surface area (Å²) < 4.78 is 57.3. The summed E-state index contributed by atoms with van der Waals surface area (Å²) in [4.78, 5) is 141. The number of aryl methyl sites for hydroxylation is 4. The molecule has 9 amide bonds. The van der Waals surface area contributed by atoms with Crippen molar-refractivity contribution in [1.29, 1.82) is 0 Å². The molecule has 0 spiro atoms. The Morgan fingerprint density at radius 2 is 0.662 bits per heavy atom. The number of amides is 9. The first kappa shape index (κ1) is 129. The van der Waals surface area contributed by atoms with E-state index < -0.39 is 95.2 Å². The van der Waals surface area contributed by atoms with E-state index in [0.717, 1.165) is 63.7 Å². The van der Waals surface area contributed by atoms with Gasteiger partial charge >= 0.3 is 54.6 Å². The minimum Gasteiger partial charge on any atom is -0.491 e. The van der Waals surface area contributed by atoms with E-state index in [-0.39, 0.29) is 142 Å². The van der Waals surface area contributed by atoms with Crippen LogP contribution in [0.3, 0.4) is 0 Å². The molecule has 12 N–H and O–H groups in total. The predicted molar refractivity (Wildman–Crippen MR) is 533 cm³/mol. The van der Waals surface area contributed by atoms with E-state index in [4.69, 9.17) is 58.2 Å². The molecule has 6 rings (SSSR count). The van der Waals surface area contributed by atoms with Crippen LogP contribution in [0.2, 0.25) is 0 Å². The molecule has 133 heavy (non-hydrogen) atoms. The first-order valence-electron chi connectivity index (χ1n) is 43.5. The fourth-order valence-corrected chi connectivity index (χ4v) is 11.1. The van der Waals surface area contributed by atoms with Gasteiger partial charge in [0, 0.05) is 39.8 Å². The van der Waals surface area contributed by atoms with Gasteiger partial charge in [-0.05, 0) is 248 Å². The minimum atomic E-state index is -1.16. The van der Waals surface area contributed by atoms with Crippen molar-refractivity contribution in [2.45, 2.75) is 288 Å². The second kappa shape index (κ2) is 71.1. The van der Waals surface area contributed by atoms with Crippen molar-refractivity contribution in [3.63, 3.8) is 0 Å². The quantitative estimate of drug-likeness (QED) is 0.00993. The predicted octanol–water partition coefficient (Wildman–Crippen LogP) is 15.3. The Bertz CT molecular complexity index is 4000. The number of carbonyl (C=O) groups excluding carboxylic acids is 11. The number of para-hydroxylation sites is 2. The van der Waals surface area contributed by atoms with Crippen LogP contribution in [-0.2, 0) is 86.4 Å². The van der Waals surface area contributed by atoms with Gasteiger partial charge in [0.2, 0.25) is 11.8 Å². The molecule has 1 fully saturated rings. The maximum Gasteiger partial charge on any atom is 0.408 e. The van der Waals surface area contributed by atoms with Gasteiger partial charge in [-0.25, -0.2) is 38.4 Å². The summed E-state index contributed by atoms with van der Waals surface area (Å²) in [7, 11) is 0. The second-order valence-electron chi connectivity index (χ2n) is 34.2. The highest BCUT2D eigenvalue weighted by Crippen LogP contribution is 2.24. The van der Waals surface area contributed by atoms with Crippen LogP contribution in [0.5, 0.6) is 11.5 Å². The highest BCUT2D eigenvalue weighted by atomic mass is 32.1. The van der Waals surface area contributed by atoms with Crippen LogP contribution in [0.1, 0.15) is 221 Å². The van der Waals surface area contributed by atoms with Crippen LogP contribution in [0.15, 0.2) is 127 Å². The largest absolute Gasteiger partial charge is 0.491 e. The van der Waals surface area contributed by atoms with Crippen molar-refractivity contribution in [3.05, 3.63) is 166 Å². The molecule has 0 radical (unpaired) electrons. The van der Waals surface area contributed by atoms with Gasteiger partial charge in [-0.3, -0.25) is 19.2 Å². The van der Waals surface area contributed by atoms with Crippen LogP contribution in [-0.4, -0.2) is 195 Å². The van der Waals surface area contributed by atoms with Gasteiger partial charge in [0.1, 0.15) is 85.1 Å². The fourth-order valence-electron chi connectivity index (χ4n) is 11.1. The lowest BCUT2D eigenvalue weighted by Crippen LogP contribution is -2.51. The van der Waals surface area contributed by atoms with Crippen molar-refractivity contribution >= 4 is 126 Å². The van der Waals surface area contributed by atoms with Crippen molar-refractivity contribution in [3.8, 4) is 11.5 Å². The first-order chi connectivity index (χ1) is 60.6. The Hall–Kier alpha value is -10.5. The molecule has 2 unspecified atom stereocenters. The lowest BCUT2D eigenvalue weighted by atomic mass is 10.1. The SMILES string of the molecule is C1CCOC1.CC(=O)[C@H](CCCNC(=O)OCc1ccccc1)NC(=O)OC(C)(C)C.CC(C)(C)OC(=O)N[C@@H](CCCNC(=O)OCc1ccccc1)C(=O)O.CCOC(C)=O.Cc1cccc(C)c1OCC(C)NC(=O)[C@H](CCCN)NC(=O)OC(C)(C)C.Cc1cccc(C)c1OCC(C)NC(=O)[C@H](CCCNC(=O)OCc1ccccc1)NC(=O)OC(C)(C)C.S.S.S.S. The normalized spacial score (nSPS) is 12.3. The highest BCUT2D eigenvalue weighted by molar-refractivity contribution is 7.59. The van der Waals surface area contributed by atoms with E-state index in [2.05, 4.69) is 52.6 Å². The number of rotatable bonds is 38. The highest BCUT2D eigenvalue weighted by Gasteiger charge is 2.30.